The number of hydrogen-bond acceptors (Lipinski definition) is 2. The monoisotopic (exact) mass is 730 g/mol. The van der Waals surface area contributed by atoms with E-state index < -0.39 is 0 Å². The number of benzene rings is 9. The smallest absolute Gasteiger partial charge is 0.159 e. The molecule has 57 heavy (non-hydrogen) atoms. The van der Waals surface area contributed by atoms with Gasteiger partial charge in [-0.05, 0) is 140 Å². The lowest BCUT2D eigenvalue weighted by Crippen LogP contribution is -2.13. The fourth-order valence-electron chi connectivity index (χ4n) is 9.32. The molecule has 2 heterocycles. The van der Waals surface area contributed by atoms with Crippen molar-refractivity contribution in [3.05, 3.63) is 181 Å². The largest absolute Gasteiger partial charge is 0.454 e. The highest BCUT2D eigenvalue weighted by Crippen LogP contribution is 2.51. The van der Waals surface area contributed by atoms with Crippen molar-refractivity contribution >= 4 is 82.4 Å². The number of para-hydroxylation sites is 4. The molecule has 1 aliphatic rings. The van der Waals surface area contributed by atoms with Crippen LogP contribution in [0.4, 0.5) is 17.1 Å². The van der Waals surface area contributed by atoms with Crippen molar-refractivity contribution in [3.8, 4) is 27.9 Å². The molecule has 0 atom stereocenters. The number of nitrogens with zero attached hydrogens (tertiary/aromatic N) is 2. The Balaban J connectivity index is 0.990. The highest BCUT2D eigenvalue weighted by molar-refractivity contribution is 6.14. The van der Waals surface area contributed by atoms with Crippen LogP contribution >= 0.6 is 0 Å². The summed E-state index contributed by atoms with van der Waals surface area (Å²) in [7, 11) is 0. The molecule has 3 heteroatoms. The van der Waals surface area contributed by atoms with Gasteiger partial charge in [0.25, 0.3) is 0 Å². The van der Waals surface area contributed by atoms with Crippen LogP contribution in [-0.4, -0.2) is 4.57 Å². The molecule has 0 saturated carbocycles. The Labute approximate surface area is 330 Å². The van der Waals surface area contributed by atoms with Crippen molar-refractivity contribution < 1.29 is 4.42 Å². The average molecular weight is 731 g/mol. The van der Waals surface area contributed by atoms with E-state index in [1.165, 1.54) is 76.9 Å². The van der Waals surface area contributed by atoms with Crippen LogP contribution in [0.5, 0.6) is 0 Å². The van der Waals surface area contributed by atoms with Crippen molar-refractivity contribution in [3.63, 3.8) is 0 Å². The van der Waals surface area contributed by atoms with Crippen LogP contribution in [0.25, 0.3) is 93.2 Å². The van der Waals surface area contributed by atoms with Gasteiger partial charge in [0.1, 0.15) is 5.58 Å². The zero-order valence-corrected chi connectivity index (χ0v) is 32.0. The minimum Gasteiger partial charge on any atom is -0.454 e. The summed E-state index contributed by atoms with van der Waals surface area (Å²) >= 11 is 0. The number of fused-ring (bicyclic) bond motifs is 12. The molecule has 11 aromatic rings. The summed E-state index contributed by atoms with van der Waals surface area (Å²) in [4.78, 5) is 2.35. The van der Waals surface area contributed by atoms with Crippen LogP contribution in [0.3, 0.4) is 0 Å². The highest BCUT2D eigenvalue weighted by atomic mass is 16.3. The normalized spacial score (nSPS) is 12.5. The molecular weight excluding hydrogens is 693 g/mol. The van der Waals surface area contributed by atoms with E-state index in [-0.39, 0.29) is 5.41 Å². The Bertz CT molecular complexity index is 3390. The lowest BCUT2D eigenvalue weighted by atomic mass is 9.78. The summed E-state index contributed by atoms with van der Waals surface area (Å²) in [6, 6.07) is 64.6. The second-order valence-electron chi connectivity index (χ2n) is 16.6. The summed E-state index contributed by atoms with van der Waals surface area (Å²) in [5.41, 5.74) is 15.2. The Morgan fingerprint density at radius 3 is 1.65 bits per heavy atom. The van der Waals surface area contributed by atoms with Crippen molar-refractivity contribution in [2.75, 3.05) is 4.90 Å². The lowest BCUT2D eigenvalue weighted by molar-refractivity contribution is 0.590. The standard InChI is InChI=1S/C54H38N2O/c1-54(2,3)37-21-25-38(26-22-37)55(51-17-10-14-44-43-13-6-9-18-52(43)57-53(44)51)39-23-19-33-29-45-46-30-34-20-24-40(28-36(34)32-48(46)47(45)31-35(33)27-39)56-49-15-7-4-11-41(49)42-12-5-8-16-50(42)56/h4-32H,1-3H3. The maximum atomic E-state index is 6.62. The zero-order valence-electron chi connectivity index (χ0n) is 32.0. The van der Waals surface area contributed by atoms with Gasteiger partial charge in [-0.15, -0.1) is 0 Å². The second-order valence-corrected chi connectivity index (χ2v) is 16.6. The minimum absolute atomic E-state index is 0.0567. The predicted octanol–water partition coefficient (Wildman–Crippen LogP) is 15.4. The van der Waals surface area contributed by atoms with Crippen molar-refractivity contribution in [2.24, 2.45) is 0 Å². The number of rotatable bonds is 4. The van der Waals surface area contributed by atoms with Crippen LogP contribution in [0.2, 0.25) is 0 Å². The SMILES string of the molecule is CC(C)(C)c1ccc(N(c2ccc3cc4c(cc3c2)-c2cc3cc(-n5c6ccccc6c6ccccc65)ccc3cc2-4)c2cccc3c2oc2ccccc23)cc1. The molecule has 9 aromatic carbocycles. The van der Waals surface area contributed by atoms with Gasteiger partial charge in [-0.25, -0.2) is 0 Å². The summed E-state index contributed by atoms with van der Waals surface area (Å²) in [5, 5.41) is 9.75. The molecule has 0 N–H and O–H groups in total. The van der Waals surface area contributed by atoms with Gasteiger partial charge in [-0.3, -0.25) is 0 Å². The zero-order chi connectivity index (χ0) is 38.0. The minimum atomic E-state index is 0.0567. The molecular formula is C54H38N2O. The van der Waals surface area contributed by atoms with Gasteiger partial charge in [0.15, 0.2) is 5.58 Å². The summed E-state index contributed by atoms with van der Waals surface area (Å²) in [6.07, 6.45) is 0. The molecule has 2 aromatic heterocycles. The van der Waals surface area contributed by atoms with Crippen molar-refractivity contribution in [1.82, 2.24) is 4.57 Å². The molecule has 0 saturated heterocycles. The van der Waals surface area contributed by atoms with E-state index in [4.69, 9.17) is 4.42 Å². The summed E-state index contributed by atoms with van der Waals surface area (Å²) in [6.45, 7) is 6.79. The van der Waals surface area contributed by atoms with Gasteiger partial charge in [0, 0.05) is 38.6 Å². The predicted molar refractivity (Wildman–Crippen MR) is 241 cm³/mol. The first kappa shape index (κ1) is 32.2. The molecule has 0 aliphatic heterocycles. The summed E-state index contributed by atoms with van der Waals surface area (Å²) in [5.74, 6) is 0. The quantitative estimate of drug-likeness (QED) is 0.180. The number of anilines is 3. The third kappa shape index (κ3) is 4.79. The summed E-state index contributed by atoms with van der Waals surface area (Å²) < 4.78 is 9.03. The fourth-order valence-corrected chi connectivity index (χ4v) is 9.32. The maximum Gasteiger partial charge on any atom is 0.159 e. The number of aromatic nitrogens is 1. The van der Waals surface area contributed by atoms with Gasteiger partial charge in [0.05, 0.1) is 16.7 Å². The fraction of sp³-hybridized carbons (Fsp3) is 0.0741. The Morgan fingerprint density at radius 2 is 0.982 bits per heavy atom. The van der Waals surface area contributed by atoms with Crippen LogP contribution in [0.1, 0.15) is 26.3 Å². The van der Waals surface area contributed by atoms with Crippen molar-refractivity contribution in [1.29, 1.82) is 0 Å². The molecule has 0 amide bonds. The van der Waals surface area contributed by atoms with Crippen molar-refractivity contribution in [2.45, 2.75) is 26.2 Å². The van der Waals surface area contributed by atoms with Gasteiger partial charge in [-0.2, -0.15) is 0 Å². The van der Waals surface area contributed by atoms with E-state index in [1.807, 2.05) is 6.07 Å². The first-order valence-corrected chi connectivity index (χ1v) is 19.8. The molecule has 0 radical (unpaired) electrons. The van der Waals surface area contributed by atoms with Crippen LogP contribution < -0.4 is 4.90 Å². The Hall–Kier alpha value is -7.10. The molecule has 0 unspecified atom stereocenters. The van der Waals surface area contributed by atoms with E-state index in [9.17, 15) is 0 Å². The third-order valence-electron chi connectivity index (χ3n) is 12.2. The Morgan fingerprint density at radius 1 is 0.439 bits per heavy atom. The van der Waals surface area contributed by atoms with E-state index >= 15 is 0 Å². The molecule has 0 spiro atoms. The molecule has 270 valence electrons. The van der Waals surface area contributed by atoms with Gasteiger partial charge >= 0.3 is 0 Å². The third-order valence-corrected chi connectivity index (χ3v) is 12.2. The number of hydrogen-bond donors (Lipinski definition) is 0. The first-order chi connectivity index (χ1) is 27.9. The van der Waals surface area contributed by atoms with E-state index in [0.29, 0.717) is 0 Å². The van der Waals surface area contributed by atoms with E-state index in [0.717, 1.165) is 39.0 Å². The number of furan rings is 1. The molecule has 0 bridgehead atoms. The lowest BCUT2D eigenvalue weighted by Gasteiger charge is -2.28. The van der Waals surface area contributed by atoms with Gasteiger partial charge in [0.2, 0.25) is 0 Å². The van der Waals surface area contributed by atoms with E-state index in [2.05, 4.69) is 200 Å². The molecule has 0 fully saturated rings. The molecule has 12 rings (SSSR count). The first-order valence-electron chi connectivity index (χ1n) is 19.8. The van der Waals surface area contributed by atoms with E-state index in [1.54, 1.807) is 0 Å². The molecule has 1 aliphatic carbocycles. The second kappa shape index (κ2) is 11.7. The Kier molecular flexibility index (Phi) is 6.61. The van der Waals surface area contributed by atoms with Crippen LogP contribution in [0.15, 0.2) is 180 Å². The van der Waals surface area contributed by atoms with Crippen LogP contribution in [0, 0.1) is 0 Å². The maximum absolute atomic E-state index is 6.62. The van der Waals surface area contributed by atoms with Gasteiger partial charge in [-0.1, -0.05) is 112 Å². The average Bonchev–Trinajstić information content (AvgIpc) is 3.79. The topological polar surface area (TPSA) is 21.3 Å². The molecule has 3 nitrogen and oxygen atoms in total. The highest BCUT2D eigenvalue weighted by Gasteiger charge is 2.26. The van der Waals surface area contributed by atoms with Gasteiger partial charge < -0.3 is 13.9 Å². The van der Waals surface area contributed by atoms with Crippen LogP contribution in [-0.2, 0) is 5.41 Å².